The third kappa shape index (κ3) is 5.71. The Morgan fingerprint density at radius 1 is 1.35 bits per heavy atom. The Morgan fingerprint density at radius 2 is 2.12 bits per heavy atom. The van der Waals surface area contributed by atoms with Gasteiger partial charge in [0.25, 0.3) is 0 Å². The molecule has 96 valence electrons. The molecule has 0 saturated carbocycles. The third-order valence-corrected chi connectivity index (χ3v) is 2.64. The Bertz CT molecular complexity index is 326. The summed E-state index contributed by atoms with van der Waals surface area (Å²) in [6.45, 7) is 5.43. The number of aliphatic hydroxyl groups excluding tert-OH is 1. The molecule has 3 heteroatoms. The van der Waals surface area contributed by atoms with E-state index in [4.69, 9.17) is 10.5 Å². The largest absolute Gasteiger partial charge is 0.399 e. The number of benzene rings is 1. The summed E-state index contributed by atoms with van der Waals surface area (Å²) >= 11 is 0. The fourth-order valence-corrected chi connectivity index (χ4v) is 1.65. The minimum atomic E-state index is -0.586. The average Bonchev–Trinajstić information content (AvgIpc) is 2.28. The Balaban J connectivity index is 2.23. The standard InChI is InChI=1S/C14H23NO2/c1-11(2)5-4-8-17-10-14(16)12-6-3-7-13(15)9-12/h3,6-7,9,11,14,16H,4-5,8,10,15H2,1-2H3. The first-order chi connectivity index (χ1) is 8.09. The van der Waals surface area contributed by atoms with Gasteiger partial charge in [0.1, 0.15) is 6.10 Å². The number of anilines is 1. The summed E-state index contributed by atoms with van der Waals surface area (Å²) in [7, 11) is 0. The van der Waals surface area contributed by atoms with Crippen molar-refractivity contribution in [1.29, 1.82) is 0 Å². The van der Waals surface area contributed by atoms with Crippen molar-refractivity contribution in [2.75, 3.05) is 18.9 Å². The Kier molecular flexibility index (Phi) is 6.01. The van der Waals surface area contributed by atoms with Crippen LogP contribution in [-0.4, -0.2) is 18.3 Å². The summed E-state index contributed by atoms with van der Waals surface area (Å²) in [6, 6.07) is 7.28. The highest BCUT2D eigenvalue weighted by Crippen LogP contribution is 2.16. The highest BCUT2D eigenvalue weighted by molar-refractivity contribution is 5.41. The molecule has 0 amide bonds. The predicted molar refractivity (Wildman–Crippen MR) is 70.7 cm³/mol. The van der Waals surface area contributed by atoms with Crippen LogP contribution in [0.3, 0.4) is 0 Å². The molecule has 0 spiro atoms. The van der Waals surface area contributed by atoms with Crippen LogP contribution in [0, 0.1) is 5.92 Å². The number of nitrogen functional groups attached to an aromatic ring is 1. The van der Waals surface area contributed by atoms with Crippen molar-refractivity contribution < 1.29 is 9.84 Å². The summed E-state index contributed by atoms with van der Waals surface area (Å²) in [4.78, 5) is 0. The number of nitrogens with two attached hydrogens (primary N) is 1. The summed E-state index contributed by atoms with van der Waals surface area (Å²) in [5.74, 6) is 0.706. The van der Waals surface area contributed by atoms with Gasteiger partial charge in [0.15, 0.2) is 0 Å². The third-order valence-electron chi connectivity index (χ3n) is 2.64. The molecule has 0 bridgehead atoms. The minimum absolute atomic E-state index is 0.335. The van der Waals surface area contributed by atoms with Crippen molar-refractivity contribution in [3.8, 4) is 0 Å². The van der Waals surface area contributed by atoms with Gasteiger partial charge in [-0.2, -0.15) is 0 Å². The van der Waals surface area contributed by atoms with E-state index < -0.39 is 6.10 Å². The molecular formula is C14H23NO2. The van der Waals surface area contributed by atoms with Crippen molar-refractivity contribution in [3.63, 3.8) is 0 Å². The number of rotatable bonds is 7. The van der Waals surface area contributed by atoms with Crippen LogP contribution < -0.4 is 5.73 Å². The number of aliphatic hydroxyl groups is 1. The molecule has 1 rings (SSSR count). The van der Waals surface area contributed by atoms with Crippen LogP contribution in [0.4, 0.5) is 5.69 Å². The molecule has 0 saturated heterocycles. The van der Waals surface area contributed by atoms with Gasteiger partial charge in [-0.3, -0.25) is 0 Å². The molecule has 3 nitrogen and oxygen atoms in total. The van der Waals surface area contributed by atoms with Gasteiger partial charge in [0, 0.05) is 12.3 Å². The maximum Gasteiger partial charge on any atom is 0.102 e. The van der Waals surface area contributed by atoms with E-state index in [-0.39, 0.29) is 0 Å². The molecule has 1 unspecified atom stereocenters. The summed E-state index contributed by atoms with van der Waals surface area (Å²) < 4.78 is 5.45. The molecule has 1 aromatic rings. The first kappa shape index (κ1) is 14.0. The van der Waals surface area contributed by atoms with Crippen molar-refractivity contribution in [1.82, 2.24) is 0 Å². The first-order valence-electron chi connectivity index (χ1n) is 6.21. The van der Waals surface area contributed by atoms with Gasteiger partial charge < -0.3 is 15.6 Å². The van der Waals surface area contributed by atoms with Crippen molar-refractivity contribution in [2.24, 2.45) is 5.92 Å². The second kappa shape index (κ2) is 7.30. The second-order valence-corrected chi connectivity index (χ2v) is 4.80. The van der Waals surface area contributed by atoms with Gasteiger partial charge in [0.05, 0.1) is 6.61 Å². The lowest BCUT2D eigenvalue weighted by atomic mass is 10.1. The second-order valence-electron chi connectivity index (χ2n) is 4.80. The van der Waals surface area contributed by atoms with E-state index in [1.165, 1.54) is 0 Å². The summed E-state index contributed by atoms with van der Waals surface area (Å²) in [5.41, 5.74) is 7.14. The van der Waals surface area contributed by atoms with Gasteiger partial charge in [-0.05, 0) is 36.5 Å². The maximum atomic E-state index is 9.87. The average molecular weight is 237 g/mol. The zero-order valence-corrected chi connectivity index (χ0v) is 10.7. The molecule has 0 aliphatic rings. The predicted octanol–water partition coefficient (Wildman–Crippen LogP) is 2.75. The molecule has 17 heavy (non-hydrogen) atoms. The molecule has 0 heterocycles. The van der Waals surface area contributed by atoms with E-state index in [9.17, 15) is 5.11 Å². The normalized spacial score (nSPS) is 12.9. The van der Waals surface area contributed by atoms with Crippen LogP contribution in [0.1, 0.15) is 38.4 Å². The fourth-order valence-electron chi connectivity index (χ4n) is 1.65. The van der Waals surface area contributed by atoms with Crippen LogP contribution in [0.5, 0.6) is 0 Å². The molecule has 1 atom stereocenters. The Hall–Kier alpha value is -1.06. The molecule has 0 aliphatic carbocycles. The number of hydrogen-bond donors (Lipinski definition) is 2. The zero-order valence-electron chi connectivity index (χ0n) is 10.7. The van der Waals surface area contributed by atoms with E-state index >= 15 is 0 Å². The quantitative estimate of drug-likeness (QED) is 0.566. The van der Waals surface area contributed by atoms with E-state index in [0.717, 1.165) is 18.4 Å². The first-order valence-corrected chi connectivity index (χ1v) is 6.21. The smallest absolute Gasteiger partial charge is 0.102 e. The fraction of sp³-hybridized carbons (Fsp3) is 0.571. The highest BCUT2D eigenvalue weighted by Gasteiger charge is 2.07. The van der Waals surface area contributed by atoms with Gasteiger partial charge >= 0.3 is 0 Å². The molecule has 0 radical (unpaired) electrons. The van der Waals surface area contributed by atoms with Crippen LogP contribution in [0.15, 0.2) is 24.3 Å². The lowest BCUT2D eigenvalue weighted by Crippen LogP contribution is -2.08. The van der Waals surface area contributed by atoms with E-state index in [1.807, 2.05) is 12.1 Å². The Labute approximate surface area is 104 Å². The molecular weight excluding hydrogens is 214 g/mol. The van der Waals surface area contributed by atoms with Crippen molar-refractivity contribution in [3.05, 3.63) is 29.8 Å². The van der Waals surface area contributed by atoms with E-state index in [2.05, 4.69) is 13.8 Å². The number of ether oxygens (including phenoxy) is 1. The zero-order chi connectivity index (χ0) is 12.7. The lowest BCUT2D eigenvalue weighted by Gasteiger charge is -2.12. The van der Waals surface area contributed by atoms with Crippen LogP contribution >= 0.6 is 0 Å². The lowest BCUT2D eigenvalue weighted by molar-refractivity contribution is 0.0338. The summed E-state index contributed by atoms with van der Waals surface area (Å²) in [5, 5.41) is 9.87. The van der Waals surface area contributed by atoms with Gasteiger partial charge in [0.2, 0.25) is 0 Å². The van der Waals surface area contributed by atoms with Crippen molar-refractivity contribution in [2.45, 2.75) is 32.8 Å². The van der Waals surface area contributed by atoms with Crippen LogP contribution in [-0.2, 0) is 4.74 Å². The van der Waals surface area contributed by atoms with Crippen LogP contribution in [0.2, 0.25) is 0 Å². The summed E-state index contributed by atoms with van der Waals surface area (Å²) in [6.07, 6.45) is 1.62. The monoisotopic (exact) mass is 237 g/mol. The molecule has 0 aromatic heterocycles. The Morgan fingerprint density at radius 3 is 2.76 bits per heavy atom. The molecule has 3 N–H and O–H groups in total. The topological polar surface area (TPSA) is 55.5 Å². The molecule has 0 aliphatic heterocycles. The van der Waals surface area contributed by atoms with Crippen LogP contribution in [0.25, 0.3) is 0 Å². The van der Waals surface area contributed by atoms with Gasteiger partial charge in [-0.15, -0.1) is 0 Å². The van der Waals surface area contributed by atoms with E-state index in [0.29, 0.717) is 24.8 Å². The van der Waals surface area contributed by atoms with Gasteiger partial charge in [-0.25, -0.2) is 0 Å². The highest BCUT2D eigenvalue weighted by atomic mass is 16.5. The molecule has 1 aromatic carbocycles. The SMILES string of the molecule is CC(C)CCCOCC(O)c1cccc(N)c1. The number of hydrogen-bond acceptors (Lipinski definition) is 3. The van der Waals surface area contributed by atoms with E-state index in [1.54, 1.807) is 12.1 Å². The minimum Gasteiger partial charge on any atom is -0.399 e. The maximum absolute atomic E-state index is 9.87. The molecule has 0 fully saturated rings. The van der Waals surface area contributed by atoms with Gasteiger partial charge in [-0.1, -0.05) is 26.0 Å². The van der Waals surface area contributed by atoms with Crippen molar-refractivity contribution >= 4 is 5.69 Å².